The molecule has 0 bridgehead atoms. The van der Waals surface area contributed by atoms with E-state index in [1.807, 2.05) is 0 Å². The lowest BCUT2D eigenvalue weighted by molar-refractivity contribution is 0.0939. The predicted molar refractivity (Wildman–Crippen MR) is 80.8 cm³/mol. The van der Waals surface area contributed by atoms with Crippen LogP contribution in [-0.2, 0) is 0 Å². The smallest absolute Gasteiger partial charge is 0.251 e. The third kappa shape index (κ3) is 3.58. The number of nitrogens with two attached hydrogens (primary N) is 1. The van der Waals surface area contributed by atoms with Crippen LogP contribution in [0.5, 0.6) is 0 Å². The second-order valence-electron chi connectivity index (χ2n) is 4.60. The molecule has 0 heterocycles. The number of benzene rings is 2. The maximum absolute atomic E-state index is 13.6. The van der Waals surface area contributed by atoms with Gasteiger partial charge >= 0.3 is 0 Å². The van der Waals surface area contributed by atoms with Crippen molar-refractivity contribution in [3.8, 4) is 0 Å². The molecule has 6 heteroatoms. The van der Waals surface area contributed by atoms with Gasteiger partial charge in [0.25, 0.3) is 5.91 Å². The molecule has 1 atom stereocenters. The van der Waals surface area contributed by atoms with E-state index in [2.05, 4.69) is 21.2 Å². The Bertz CT molecular complexity index is 691. The number of nitrogen functional groups attached to an aromatic ring is 1. The van der Waals surface area contributed by atoms with Crippen LogP contribution in [0.1, 0.15) is 28.9 Å². The molecule has 0 radical (unpaired) electrons. The summed E-state index contributed by atoms with van der Waals surface area (Å²) in [7, 11) is 0. The number of nitrogens with one attached hydrogen (secondary N) is 1. The molecule has 0 saturated carbocycles. The minimum atomic E-state index is -0.662. The van der Waals surface area contributed by atoms with Crippen molar-refractivity contribution in [1.29, 1.82) is 0 Å². The van der Waals surface area contributed by atoms with Crippen LogP contribution < -0.4 is 11.1 Å². The van der Waals surface area contributed by atoms with Crippen LogP contribution in [0.15, 0.2) is 40.9 Å². The van der Waals surface area contributed by atoms with E-state index < -0.39 is 23.6 Å². The Morgan fingerprint density at radius 3 is 2.62 bits per heavy atom. The Morgan fingerprint density at radius 2 is 1.95 bits per heavy atom. The maximum atomic E-state index is 13.6. The topological polar surface area (TPSA) is 55.1 Å². The van der Waals surface area contributed by atoms with Gasteiger partial charge in [0.05, 0.1) is 6.04 Å². The molecule has 0 aliphatic heterocycles. The Labute approximate surface area is 129 Å². The van der Waals surface area contributed by atoms with Gasteiger partial charge < -0.3 is 11.1 Å². The van der Waals surface area contributed by atoms with Crippen molar-refractivity contribution in [2.75, 3.05) is 5.73 Å². The quantitative estimate of drug-likeness (QED) is 0.823. The Morgan fingerprint density at radius 1 is 1.24 bits per heavy atom. The van der Waals surface area contributed by atoms with Crippen LogP contribution in [0.3, 0.4) is 0 Å². The van der Waals surface area contributed by atoms with Gasteiger partial charge in [-0.25, -0.2) is 8.78 Å². The molecule has 2 rings (SSSR count). The number of halogens is 3. The number of hydrogen-bond acceptors (Lipinski definition) is 2. The molecule has 0 fully saturated rings. The van der Waals surface area contributed by atoms with Crippen molar-refractivity contribution >= 4 is 27.5 Å². The van der Waals surface area contributed by atoms with E-state index in [9.17, 15) is 13.6 Å². The average molecular weight is 355 g/mol. The van der Waals surface area contributed by atoms with Gasteiger partial charge in [0.1, 0.15) is 11.6 Å². The molecule has 3 N–H and O–H groups in total. The average Bonchev–Trinajstić information content (AvgIpc) is 2.44. The van der Waals surface area contributed by atoms with E-state index in [1.54, 1.807) is 25.1 Å². The molecular formula is C15H13BrF2N2O. The molecule has 3 nitrogen and oxygen atoms in total. The number of rotatable bonds is 3. The summed E-state index contributed by atoms with van der Waals surface area (Å²) in [5, 5.41) is 2.62. The fourth-order valence-corrected chi connectivity index (χ4v) is 2.25. The predicted octanol–water partition coefficient (Wildman–Crippen LogP) is 3.80. The zero-order valence-electron chi connectivity index (χ0n) is 11.2. The molecule has 2 aromatic rings. The van der Waals surface area contributed by atoms with E-state index in [0.717, 1.165) is 18.2 Å². The lowest BCUT2D eigenvalue weighted by Crippen LogP contribution is -2.27. The molecule has 0 spiro atoms. The summed E-state index contributed by atoms with van der Waals surface area (Å²) >= 11 is 3.23. The van der Waals surface area contributed by atoms with Gasteiger partial charge in [-0.15, -0.1) is 0 Å². The number of hydrogen-bond donors (Lipinski definition) is 2. The highest BCUT2D eigenvalue weighted by Gasteiger charge is 2.16. The minimum absolute atomic E-state index is 0.0952. The van der Waals surface area contributed by atoms with E-state index >= 15 is 0 Å². The van der Waals surface area contributed by atoms with Crippen molar-refractivity contribution in [3.63, 3.8) is 0 Å². The SMILES string of the molecule is CC(NC(=O)c1ccc(N)c(Br)c1)c1cc(F)ccc1F. The second-order valence-corrected chi connectivity index (χ2v) is 5.45. The summed E-state index contributed by atoms with van der Waals surface area (Å²) in [6.45, 7) is 1.59. The third-order valence-corrected chi connectivity index (χ3v) is 3.72. The number of carbonyl (C=O) groups excluding carboxylic acids is 1. The van der Waals surface area contributed by atoms with E-state index in [-0.39, 0.29) is 5.56 Å². The Kier molecular flexibility index (Phi) is 4.57. The van der Waals surface area contributed by atoms with Gasteiger partial charge in [-0.1, -0.05) is 0 Å². The lowest BCUT2D eigenvalue weighted by atomic mass is 10.1. The minimum Gasteiger partial charge on any atom is -0.398 e. The summed E-state index contributed by atoms with van der Waals surface area (Å²) in [4.78, 5) is 12.1. The summed E-state index contributed by atoms with van der Waals surface area (Å²) in [5.41, 5.74) is 6.63. The van der Waals surface area contributed by atoms with Crippen LogP contribution in [0, 0.1) is 11.6 Å². The first-order valence-corrected chi connectivity index (χ1v) is 6.98. The number of amides is 1. The molecule has 1 unspecified atom stereocenters. The van der Waals surface area contributed by atoms with Crippen LogP contribution >= 0.6 is 15.9 Å². The van der Waals surface area contributed by atoms with Crippen molar-refractivity contribution in [1.82, 2.24) is 5.32 Å². The van der Waals surface area contributed by atoms with Gasteiger partial charge in [-0.3, -0.25) is 4.79 Å². The first kappa shape index (κ1) is 15.4. The van der Waals surface area contributed by atoms with Crippen molar-refractivity contribution in [2.45, 2.75) is 13.0 Å². The highest BCUT2D eigenvalue weighted by molar-refractivity contribution is 9.10. The van der Waals surface area contributed by atoms with Crippen LogP contribution in [0.4, 0.5) is 14.5 Å². The summed E-state index contributed by atoms with van der Waals surface area (Å²) in [6, 6.07) is 7.19. The maximum Gasteiger partial charge on any atom is 0.251 e. The van der Waals surface area contributed by atoms with Gasteiger partial charge in [-0.05, 0) is 59.3 Å². The molecule has 1 amide bonds. The molecule has 21 heavy (non-hydrogen) atoms. The molecule has 2 aromatic carbocycles. The normalized spacial score (nSPS) is 12.0. The Balaban J connectivity index is 2.18. The molecule has 110 valence electrons. The van der Waals surface area contributed by atoms with E-state index in [1.165, 1.54) is 0 Å². The lowest BCUT2D eigenvalue weighted by Gasteiger charge is -2.15. The van der Waals surface area contributed by atoms with Crippen LogP contribution in [-0.4, -0.2) is 5.91 Å². The van der Waals surface area contributed by atoms with Gasteiger partial charge in [-0.2, -0.15) is 0 Å². The van der Waals surface area contributed by atoms with Gasteiger partial charge in [0, 0.05) is 21.3 Å². The van der Waals surface area contributed by atoms with Crippen molar-refractivity contribution in [3.05, 3.63) is 63.6 Å². The van der Waals surface area contributed by atoms with Crippen LogP contribution in [0.2, 0.25) is 0 Å². The molecule has 0 aromatic heterocycles. The van der Waals surface area contributed by atoms with E-state index in [4.69, 9.17) is 5.73 Å². The van der Waals surface area contributed by atoms with E-state index in [0.29, 0.717) is 15.7 Å². The van der Waals surface area contributed by atoms with Gasteiger partial charge in [0.15, 0.2) is 0 Å². The van der Waals surface area contributed by atoms with Crippen LogP contribution in [0.25, 0.3) is 0 Å². The monoisotopic (exact) mass is 354 g/mol. The molecule has 0 saturated heterocycles. The third-order valence-electron chi connectivity index (χ3n) is 3.03. The summed E-state index contributed by atoms with van der Waals surface area (Å²) in [6.07, 6.45) is 0. The van der Waals surface area contributed by atoms with Gasteiger partial charge in [0.2, 0.25) is 0 Å². The molecule has 0 aliphatic carbocycles. The fourth-order valence-electron chi connectivity index (χ4n) is 1.87. The first-order chi connectivity index (χ1) is 9.88. The second kappa shape index (κ2) is 6.22. The standard InChI is InChI=1S/C15H13BrF2N2O/c1-8(11-7-10(17)3-4-13(11)18)20-15(21)9-2-5-14(19)12(16)6-9/h2-8H,19H2,1H3,(H,20,21). The summed E-state index contributed by atoms with van der Waals surface area (Å²) < 4.78 is 27.4. The highest BCUT2D eigenvalue weighted by Crippen LogP contribution is 2.22. The Hall–Kier alpha value is -1.95. The van der Waals surface area contributed by atoms with Crippen molar-refractivity contribution < 1.29 is 13.6 Å². The molecular weight excluding hydrogens is 342 g/mol. The number of anilines is 1. The van der Waals surface area contributed by atoms with Crippen molar-refractivity contribution in [2.24, 2.45) is 0 Å². The zero-order valence-corrected chi connectivity index (χ0v) is 12.7. The fraction of sp³-hybridized carbons (Fsp3) is 0.133. The highest BCUT2D eigenvalue weighted by atomic mass is 79.9. The number of carbonyl (C=O) groups is 1. The zero-order chi connectivity index (χ0) is 15.6. The summed E-state index contributed by atoms with van der Waals surface area (Å²) in [5.74, 6) is -1.52. The largest absolute Gasteiger partial charge is 0.398 e. The molecule has 0 aliphatic rings. The first-order valence-electron chi connectivity index (χ1n) is 6.19.